The first-order chi connectivity index (χ1) is 10.3. The van der Waals surface area contributed by atoms with Gasteiger partial charge in [0.2, 0.25) is 5.88 Å². The van der Waals surface area contributed by atoms with Crippen LogP contribution in [0, 0.1) is 0 Å². The number of fused-ring (bicyclic) bond motifs is 1. The van der Waals surface area contributed by atoms with E-state index in [1.807, 2.05) is 30.3 Å². The van der Waals surface area contributed by atoms with Crippen LogP contribution in [0.3, 0.4) is 0 Å². The fourth-order valence-electron chi connectivity index (χ4n) is 2.78. The van der Waals surface area contributed by atoms with Gasteiger partial charge in [0, 0.05) is 6.07 Å². The number of benzene rings is 1. The molecule has 110 valence electrons. The number of nitrogens with zero attached hydrogens (tertiary/aromatic N) is 1. The lowest BCUT2D eigenvalue weighted by atomic mass is 9.87. The minimum Gasteiger partial charge on any atom is -0.493 e. The van der Waals surface area contributed by atoms with Crippen LogP contribution in [0.1, 0.15) is 36.1 Å². The van der Waals surface area contributed by atoms with Gasteiger partial charge in [-0.2, -0.15) is 0 Å². The van der Waals surface area contributed by atoms with Gasteiger partial charge in [-0.1, -0.05) is 24.3 Å². The summed E-state index contributed by atoms with van der Waals surface area (Å²) in [6.07, 6.45) is 0.953. The smallest absolute Gasteiger partial charge is 0.213 e. The van der Waals surface area contributed by atoms with Crippen LogP contribution in [0.25, 0.3) is 0 Å². The summed E-state index contributed by atoms with van der Waals surface area (Å²) >= 11 is 0. The first kappa shape index (κ1) is 13.9. The molecule has 1 aliphatic rings. The number of rotatable bonds is 4. The molecule has 0 aliphatic carbocycles. The first-order valence-corrected chi connectivity index (χ1v) is 7.18. The van der Waals surface area contributed by atoms with Crippen molar-refractivity contribution in [2.75, 3.05) is 13.7 Å². The Balaban J connectivity index is 1.77. The molecule has 21 heavy (non-hydrogen) atoms. The molecule has 0 spiro atoms. The first-order valence-electron chi connectivity index (χ1n) is 7.18. The maximum absolute atomic E-state index is 10.5. The largest absolute Gasteiger partial charge is 0.493 e. The van der Waals surface area contributed by atoms with E-state index in [1.165, 1.54) is 5.56 Å². The van der Waals surface area contributed by atoms with E-state index in [4.69, 9.17) is 9.47 Å². The van der Waals surface area contributed by atoms with Crippen molar-refractivity contribution in [1.29, 1.82) is 0 Å². The van der Waals surface area contributed by atoms with Crippen LogP contribution in [0.15, 0.2) is 42.5 Å². The third-order valence-corrected chi connectivity index (χ3v) is 3.89. The lowest BCUT2D eigenvalue weighted by Gasteiger charge is -2.27. The Hall–Kier alpha value is -2.07. The average Bonchev–Trinajstić information content (AvgIpc) is 2.55. The summed E-state index contributed by atoms with van der Waals surface area (Å²) in [6.45, 7) is 0.694. The van der Waals surface area contributed by atoms with Crippen molar-refractivity contribution in [1.82, 2.24) is 4.98 Å². The van der Waals surface area contributed by atoms with Crippen molar-refractivity contribution >= 4 is 0 Å². The molecule has 0 fully saturated rings. The fourth-order valence-corrected chi connectivity index (χ4v) is 2.78. The Bertz CT molecular complexity index is 614. The second kappa shape index (κ2) is 6.14. The summed E-state index contributed by atoms with van der Waals surface area (Å²) in [5.41, 5.74) is 1.82. The molecule has 1 aromatic heterocycles. The quantitative estimate of drug-likeness (QED) is 0.938. The number of aromatic nitrogens is 1. The van der Waals surface area contributed by atoms with Crippen LogP contribution >= 0.6 is 0 Å². The van der Waals surface area contributed by atoms with Crippen molar-refractivity contribution in [3.63, 3.8) is 0 Å². The molecule has 3 rings (SSSR count). The van der Waals surface area contributed by atoms with Gasteiger partial charge in [0.1, 0.15) is 5.75 Å². The van der Waals surface area contributed by atoms with Crippen LogP contribution in [0.5, 0.6) is 11.6 Å². The van der Waals surface area contributed by atoms with Gasteiger partial charge in [-0.15, -0.1) is 0 Å². The maximum Gasteiger partial charge on any atom is 0.213 e. The number of para-hydroxylation sites is 1. The van der Waals surface area contributed by atoms with Crippen molar-refractivity contribution in [3.8, 4) is 11.6 Å². The van der Waals surface area contributed by atoms with Gasteiger partial charge in [0.05, 0.1) is 25.5 Å². The third-order valence-electron chi connectivity index (χ3n) is 3.89. The monoisotopic (exact) mass is 285 g/mol. The molecule has 4 nitrogen and oxygen atoms in total. The number of hydrogen-bond donors (Lipinski definition) is 1. The van der Waals surface area contributed by atoms with E-state index >= 15 is 0 Å². The van der Waals surface area contributed by atoms with Crippen molar-refractivity contribution in [3.05, 3.63) is 53.7 Å². The van der Waals surface area contributed by atoms with Gasteiger partial charge in [0.25, 0.3) is 0 Å². The van der Waals surface area contributed by atoms with E-state index in [2.05, 4.69) is 11.1 Å². The van der Waals surface area contributed by atoms with Gasteiger partial charge >= 0.3 is 0 Å². The highest BCUT2D eigenvalue weighted by atomic mass is 16.5. The van der Waals surface area contributed by atoms with E-state index in [1.54, 1.807) is 13.2 Å². The summed E-state index contributed by atoms with van der Waals surface area (Å²) in [6, 6.07) is 13.5. The lowest BCUT2D eigenvalue weighted by Crippen LogP contribution is -2.16. The molecule has 1 aromatic carbocycles. The Labute approximate surface area is 124 Å². The topological polar surface area (TPSA) is 51.6 Å². The number of ether oxygens (including phenoxy) is 2. The Kier molecular flexibility index (Phi) is 4.06. The summed E-state index contributed by atoms with van der Waals surface area (Å²) < 4.78 is 10.8. The number of hydrogen-bond acceptors (Lipinski definition) is 4. The minimum atomic E-state index is -0.601. The van der Waals surface area contributed by atoms with Crippen LogP contribution in [-0.2, 0) is 0 Å². The number of methoxy groups -OCH3 is 1. The SMILES string of the molecule is COc1cccc(C(O)CC2CCOc3ccccc32)n1. The van der Waals surface area contributed by atoms with Crippen LogP contribution in [0.2, 0.25) is 0 Å². The Morgan fingerprint density at radius 3 is 3.00 bits per heavy atom. The van der Waals surface area contributed by atoms with Crippen LogP contribution in [0.4, 0.5) is 0 Å². The van der Waals surface area contributed by atoms with E-state index in [0.717, 1.165) is 12.2 Å². The zero-order valence-electron chi connectivity index (χ0n) is 12.0. The van der Waals surface area contributed by atoms with Gasteiger partial charge in [-0.3, -0.25) is 0 Å². The van der Waals surface area contributed by atoms with Gasteiger partial charge in [-0.25, -0.2) is 4.98 Å². The van der Waals surface area contributed by atoms with Gasteiger partial charge < -0.3 is 14.6 Å². The maximum atomic E-state index is 10.5. The number of aliphatic hydroxyl groups is 1. The molecule has 4 heteroatoms. The molecule has 0 bridgehead atoms. The Morgan fingerprint density at radius 1 is 1.29 bits per heavy atom. The highest BCUT2D eigenvalue weighted by Gasteiger charge is 2.24. The normalized spacial score (nSPS) is 18.5. The predicted molar refractivity (Wildman–Crippen MR) is 79.7 cm³/mol. The van der Waals surface area contributed by atoms with E-state index in [9.17, 15) is 5.11 Å². The molecule has 0 amide bonds. The summed E-state index contributed by atoms with van der Waals surface area (Å²) in [5, 5.41) is 10.5. The Morgan fingerprint density at radius 2 is 2.14 bits per heavy atom. The number of pyridine rings is 1. The average molecular weight is 285 g/mol. The van der Waals surface area contributed by atoms with Gasteiger partial charge in [-0.05, 0) is 36.5 Å². The molecule has 2 atom stereocenters. The molecular weight excluding hydrogens is 266 g/mol. The van der Waals surface area contributed by atoms with Gasteiger partial charge in [0.15, 0.2) is 0 Å². The molecule has 0 saturated heterocycles. The van der Waals surface area contributed by atoms with Crippen LogP contribution < -0.4 is 9.47 Å². The van der Waals surface area contributed by atoms with Crippen molar-refractivity contribution in [2.24, 2.45) is 0 Å². The standard InChI is InChI=1S/C17H19NO3/c1-20-17-8-4-6-14(18-17)15(19)11-12-9-10-21-16-7-3-2-5-13(12)16/h2-8,12,15,19H,9-11H2,1H3. The molecule has 2 heterocycles. The van der Waals surface area contributed by atoms with Crippen LogP contribution in [-0.4, -0.2) is 23.8 Å². The third kappa shape index (κ3) is 3.00. The number of aliphatic hydroxyl groups excluding tert-OH is 1. The van der Waals surface area contributed by atoms with Crippen molar-refractivity contribution in [2.45, 2.75) is 24.9 Å². The highest BCUT2D eigenvalue weighted by molar-refractivity contribution is 5.38. The predicted octanol–water partition coefficient (Wildman–Crippen LogP) is 3.08. The van der Waals surface area contributed by atoms with E-state index in [0.29, 0.717) is 24.6 Å². The highest BCUT2D eigenvalue weighted by Crippen LogP contribution is 2.38. The zero-order chi connectivity index (χ0) is 14.7. The molecular formula is C17H19NO3. The minimum absolute atomic E-state index is 0.290. The second-order valence-electron chi connectivity index (χ2n) is 5.23. The molecule has 1 aliphatic heterocycles. The molecule has 2 aromatic rings. The lowest BCUT2D eigenvalue weighted by molar-refractivity contribution is 0.140. The molecule has 0 radical (unpaired) electrons. The van der Waals surface area contributed by atoms with E-state index in [-0.39, 0.29) is 5.92 Å². The molecule has 2 unspecified atom stereocenters. The van der Waals surface area contributed by atoms with Crippen molar-refractivity contribution < 1.29 is 14.6 Å². The molecule has 1 N–H and O–H groups in total. The van der Waals surface area contributed by atoms with E-state index < -0.39 is 6.10 Å². The summed E-state index contributed by atoms with van der Waals surface area (Å²) in [5.74, 6) is 1.75. The summed E-state index contributed by atoms with van der Waals surface area (Å²) in [4.78, 5) is 4.31. The summed E-state index contributed by atoms with van der Waals surface area (Å²) in [7, 11) is 1.58. The fraction of sp³-hybridized carbons (Fsp3) is 0.353. The molecule has 0 saturated carbocycles. The zero-order valence-corrected chi connectivity index (χ0v) is 12.0. The second-order valence-corrected chi connectivity index (χ2v) is 5.23.